The highest BCUT2D eigenvalue weighted by Gasteiger charge is 2.58. The Morgan fingerprint density at radius 2 is 1.46 bits per heavy atom. The van der Waals surface area contributed by atoms with Gasteiger partial charge in [0.05, 0.1) is 0 Å². The molecule has 0 aliphatic heterocycles. The Balaban J connectivity index is 1.20. The van der Waals surface area contributed by atoms with E-state index in [-0.39, 0.29) is 0 Å². The van der Waals surface area contributed by atoms with Crippen molar-refractivity contribution in [2.45, 2.75) is 163 Å². The average molecular weight is 483 g/mol. The molecule has 0 aromatic carbocycles. The molecule has 35 heavy (non-hydrogen) atoms. The Bertz CT molecular complexity index is 674. The number of hydrogen-bond donors (Lipinski definition) is 0. The van der Waals surface area contributed by atoms with Gasteiger partial charge in [-0.15, -0.1) is 0 Å². The van der Waals surface area contributed by atoms with Crippen molar-refractivity contribution in [3.05, 3.63) is 11.6 Å². The molecule has 0 heteroatoms. The van der Waals surface area contributed by atoms with Crippen LogP contribution in [-0.4, -0.2) is 0 Å². The molecule has 1 unspecified atom stereocenters. The molecular weight excluding hydrogens is 420 g/mol. The number of fused-ring (bicyclic) bond motifs is 5. The van der Waals surface area contributed by atoms with Gasteiger partial charge in [-0.25, -0.2) is 0 Å². The van der Waals surface area contributed by atoms with Crippen molar-refractivity contribution >= 4 is 0 Å². The summed E-state index contributed by atoms with van der Waals surface area (Å²) in [7, 11) is 0. The predicted molar refractivity (Wildman–Crippen MR) is 155 cm³/mol. The van der Waals surface area contributed by atoms with Crippen LogP contribution in [0, 0.1) is 46.3 Å². The summed E-state index contributed by atoms with van der Waals surface area (Å²) in [5.74, 6) is 5.87. The monoisotopic (exact) mass is 482 g/mol. The van der Waals surface area contributed by atoms with Gasteiger partial charge in [0.2, 0.25) is 0 Å². The molecule has 0 spiro atoms. The third-order valence-electron chi connectivity index (χ3n) is 12.4. The molecule has 3 saturated carbocycles. The van der Waals surface area contributed by atoms with Crippen LogP contribution in [0.25, 0.3) is 0 Å². The first-order chi connectivity index (χ1) is 16.9. The van der Waals surface area contributed by atoms with Crippen molar-refractivity contribution in [3.63, 3.8) is 0 Å². The molecule has 0 aromatic heterocycles. The van der Waals surface area contributed by atoms with Gasteiger partial charge in [0.1, 0.15) is 0 Å². The van der Waals surface area contributed by atoms with E-state index >= 15 is 0 Å². The Morgan fingerprint density at radius 1 is 0.800 bits per heavy atom. The van der Waals surface area contributed by atoms with Gasteiger partial charge in [-0.1, -0.05) is 123 Å². The van der Waals surface area contributed by atoms with Gasteiger partial charge in [-0.2, -0.15) is 0 Å². The van der Waals surface area contributed by atoms with Crippen LogP contribution in [-0.2, 0) is 0 Å². The molecule has 0 N–H and O–H groups in total. The van der Waals surface area contributed by atoms with Crippen LogP contribution in [0.2, 0.25) is 0 Å². The van der Waals surface area contributed by atoms with Crippen molar-refractivity contribution in [1.82, 2.24) is 0 Å². The minimum absolute atomic E-state index is 0.552. The second-order valence-electron chi connectivity index (χ2n) is 14.6. The summed E-state index contributed by atoms with van der Waals surface area (Å²) in [5.41, 5.74) is 3.07. The maximum atomic E-state index is 2.77. The van der Waals surface area contributed by atoms with Crippen molar-refractivity contribution in [3.8, 4) is 0 Å². The van der Waals surface area contributed by atoms with Gasteiger partial charge < -0.3 is 0 Å². The second-order valence-corrected chi connectivity index (χ2v) is 14.6. The maximum absolute atomic E-state index is 2.77. The first kappa shape index (κ1) is 27.8. The summed E-state index contributed by atoms with van der Waals surface area (Å²) < 4.78 is 0. The molecule has 0 bridgehead atoms. The summed E-state index contributed by atoms with van der Waals surface area (Å²) in [5, 5.41) is 0. The third-order valence-corrected chi connectivity index (χ3v) is 12.4. The number of unbranched alkanes of at least 4 members (excludes halogenated alkanes) is 10. The molecule has 202 valence electrons. The average Bonchev–Trinajstić information content (AvgIpc) is 3.20. The van der Waals surface area contributed by atoms with Crippen molar-refractivity contribution in [2.75, 3.05) is 0 Å². The van der Waals surface area contributed by atoms with Crippen LogP contribution < -0.4 is 0 Å². The quantitative estimate of drug-likeness (QED) is 0.181. The first-order valence-electron chi connectivity index (χ1n) is 16.6. The fourth-order valence-electron chi connectivity index (χ4n) is 10.2. The highest BCUT2D eigenvalue weighted by Crippen LogP contribution is 2.67. The zero-order chi connectivity index (χ0) is 24.9. The Kier molecular flexibility index (Phi) is 9.93. The van der Waals surface area contributed by atoms with Gasteiger partial charge in [-0.05, 0) is 97.7 Å². The molecule has 8 atom stereocenters. The van der Waals surface area contributed by atoms with Crippen LogP contribution in [0.1, 0.15) is 163 Å². The van der Waals surface area contributed by atoms with Gasteiger partial charge in [0, 0.05) is 0 Å². The van der Waals surface area contributed by atoms with E-state index in [4.69, 9.17) is 0 Å². The van der Waals surface area contributed by atoms with Crippen molar-refractivity contribution in [2.24, 2.45) is 46.3 Å². The minimum Gasteiger partial charge on any atom is -0.0845 e. The Labute approximate surface area is 220 Å². The minimum atomic E-state index is 0.552. The molecule has 0 radical (unpaired) electrons. The van der Waals surface area contributed by atoms with Crippen LogP contribution in [0.15, 0.2) is 11.6 Å². The van der Waals surface area contributed by atoms with Gasteiger partial charge in [0.15, 0.2) is 0 Å². The molecular formula is C35H62. The number of rotatable bonds is 13. The molecule has 0 nitrogen and oxygen atoms in total. The highest BCUT2D eigenvalue weighted by atomic mass is 14.6. The molecule has 3 fully saturated rings. The molecule has 0 heterocycles. The summed E-state index contributed by atoms with van der Waals surface area (Å²) in [6.07, 6.45) is 32.3. The fourth-order valence-corrected chi connectivity index (χ4v) is 10.2. The van der Waals surface area contributed by atoms with Crippen LogP contribution in [0.5, 0.6) is 0 Å². The van der Waals surface area contributed by atoms with E-state index in [9.17, 15) is 0 Å². The molecule has 4 aliphatic carbocycles. The van der Waals surface area contributed by atoms with E-state index in [2.05, 4.69) is 40.7 Å². The van der Waals surface area contributed by atoms with E-state index in [0.29, 0.717) is 10.8 Å². The van der Waals surface area contributed by atoms with Gasteiger partial charge >= 0.3 is 0 Å². The van der Waals surface area contributed by atoms with Crippen molar-refractivity contribution < 1.29 is 0 Å². The van der Waals surface area contributed by atoms with Crippen LogP contribution >= 0.6 is 0 Å². The summed E-state index contributed by atoms with van der Waals surface area (Å²) in [6.45, 7) is 12.9. The zero-order valence-electron chi connectivity index (χ0n) is 24.7. The Morgan fingerprint density at radius 3 is 2.14 bits per heavy atom. The first-order valence-corrected chi connectivity index (χ1v) is 16.6. The van der Waals surface area contributed by atoms with Crippen LogP contribution in [0.4, 0.5) is 0 Å². The summed E-state index contributed by atoms with van der Waals surface area (Å²) in [6, 6.07) is 0. The fraction of sp³-hybridized carbons (Fsp3) is 0.943. The largest absolute Gasteiger partial charge is 0.0845 e. The van der Waals surface area contributed by atoms with E-state index in [1.165, 1.54) is 122 Å². The lowest BCUT2D eigenvalue weighted by molar-refractivity contribution is -0.0522. The summed E-state index contributed by atoms with van der Waals surface area (Å²) >= 11 is 0. The Hall–Kier alpha value is -0.260. The molecule has 4 rings (SSSR count). The lowest BCUT2D eigenvalue weighted by atomic mass is 9.46. The molecule has 0 aromatic rings. The second kappa shape index (κ2) is 12.5. The van der Waals surface area contributed by atoms with Gasteiger partial charge in [0.25, 0.3) is 0 Å². The standard InChI is InChI=1S/C35H62/c1-6-7-8-9-10-11-12-13-14-15-16-17-28(3)31-20-21-32-30-19-18-29-26-27(2)22-24-34(29,4)33(30)23-25-35(31,32)5/h18,27-28,30-33H,6-17,19-26H2,1-5H3/t27-,28+,30?,31+,32-,33-,34-,35+/m0/s1. The molecule has 0 saturated heterocycles. The highest BCUT2D eigenvalue weighted by molar-refractivity contribution is 5.25. The number of allylic oxidation sites excluding steroid dienone is 2. The molecule has 4 aliphatic rings. The van der Waals surface area contributed by atoms with Gasteiger partial charge in [-0.3, -0.25) is 0 Å². The lowest BCUT2D eigenvalue weighted by Crippen LogP contribution is -2.50. The molecule has 0 amide bonds. The van der Waals surface area contributed by atoms with E-state index in [1.807, 2.05) is 5.57 Å². The SMILES string of the molecule is CCCCCCCCCCCCC[C@@H](C)[C@H]1CC[C@H]2C3CC=C4C[C@@H](C)CC[C@]4(C)[C@H]3CC[C@]12C. The zero-order valence-corrected chi connectivity index (χ0v) is 24.7. The van der Waals surface area contributed by atoms with E-state index in [0.717, 1.165) is 35.5 Å². The third kappa shape index (κ3) is 6.08. The van der Waals surface area contributed by atoms with Crippen LogP contribution in [0.3, 0.4) is 0 Å². The smallest absolute Gasteiger partial charge is 0.00851 e. The van der Waals surface area contributed by atoms with Crippen molar-refractivity contribution in [1.29, 1.82) is 0 Å². The maximum Gasteiger partial charge on any atom is -0.00851 e. The van der Waals surface area contributed by atoms with E-state index in [1.54, 1.807) is 6.42 Å². The lowest BCUT2D eigenvalue weighted by Gasteiger charge is -2.58. The number of hydrogen-bond acceptors (Lipinski definition) is 0. The summed E-state index contributed by atoms with van der Waals surface area (Å²) in [4.78, 5) is 0. The van der Waals surface area contributed by atoms with E-state index < -0.39 is 0 Å². The normalized spacial score (nSPS) is 39.5. The predicted octanol–water partition coefficient (Wildman–Crippen LogP) is 11.5. The topological polar surface area (TPSA) is 0 Å².